The Balaban J connectivity index is 2.40. The number of hydrogen-bond donors (Lipinski definition) is 1. The van der Waals surface area contributed by atoms with Crippen molar-refractivity contribution in [2.24, 2.45) is 0 Å². The molecule has 0 aliphatic heterocycles. The van der Waals surface area contributed by atoms with E-state index in [4.69, 9.17) is 5.11 Å². The Morgan fingerprint density at radius 3 is 3.00 bits per heavy atom. The molecule has 0 saturated carbocycles. The van der Waals surface area contributed by atoms with E-state index in [0.717, 1.165) is 17.8 Å². The van der Waals surface area contributed by atoms with Gasteiger partial charge in [0.15, 0.2) is 0 Å². The van der Waals surface area contributed by atoms with Crippen LogP contribution in [0.25, 0.3) is 10.6 Å². The number of aromatic nitrogens is 2. The Hall–Kier alpha value is -1.13. The maximum Gasteiger partial charge on any atom is 0.106 e. The fraction of sp³-hybridized carbons (Fsp3) is 0.364. The van der Waals surface area contributed by atoms with Crippen LogP contribution in [0.5, 0.6) is 0 Å². The van der Waals surface area contributed by atoms with Crippen molar-refractivity contribution in [3.8, 4) is 10.6 Å². The summed E-state index contributed by atoms with van der Waals surface area (Å²) in [5.41, 5.74) is 2.14. The first kappa shape index (κ1) is 10.4. The van der Waals surface area contributed by atoms with Gasteiger partial charge in [-0.25, -0.2) is 0 Å². The Labute approximate surface area is 93.0 Å². The van der Waals surface area contributed by atoms with E-state index in [1.54, 1.807) is 11.3 Å². The minimum Gasteiger partial charge on any atom is -0.396 e. The molecule has 0 unspecified atom stereocenters. The van der Waals surface area contributed by atoms with E-state index in [1.807, 2.05) is 22.3 Å². The fourth-order valence-corrected chi connectivity index (χ4v) is 2.29. The summed E-state index contributed by atoms with van der Waals surface area (Å²) >= 11 is 1.68. The second-order valence-corrected chi connectivity index (χ2v) is 4.26. The molecule has 0 aliphatic carbocycles. The molecule has 0 saturated heterocycles. The van der Waals surface area contributed by atoms with Crippen LogP contribution >= 0.6 is 11.3 Å². The van der Waals surface area contributed by atoms with Crippen LogP contribution in [0.3, 0.4) is 0 Å². The molecule has 2 aromatic rings. The van der Waals surface area contributed by atoms with Crippen LogP contribution in [-0.4, -0.2) is 21.5 Å². The van der Waals surface area contributed by atoms with Crippen molar-refractivity contribution in [2.75, 3.05) is 6.61 Å². The van der Waals surface area contributed by atoms with Crippen LogP contribution in [0.2, 0.25) is 0 Å². The Morgan fingerprint density at radius 1 is 1.53 bits per heavy atom. The van der Waals surface area contributed by atoms with Crippen LogP contribution in [0.4, 0.5) is 0 Å². The van der Waals surface area contributed by atoms with E-state index in [9.17, 15) is 0 Å². The van der Waals surface area contributed by atoms with Crippen LogP contribution in [0, 0.1) is 0 Å². The zero-order valence-corrected chi connectivity index (χ0v) is 9.50. The van der Waals surface area contributed by atoms with Gasteiger partial charge in [-0.2, -0.15) is 5.10 Å². The predicted molar refractivity (Wildman–Crippen MR) is 62.0 cm³/mol. The van der Waals surface area contributed by atoms with E-state index in [0.29, 0.717) is 6.42 Å². The van der Waals surface area contributed by atoms with Gasteiger partial charge in [0, 0.05) is 24.9 Å². The molecule has 2 heterocycles. The summed E-state index contributed by atoms with van der Waals surface area (Å²) in [6, 6.07) is 4.08. The summed E-state index contributed by atoms with van der Waals surface area (Å²) in [5.74, 6) is 0. The summed E-state index contributed by atoms with van der Waals surface area (Å²) in [7, 11) is 0. The Bertz CT molecular complexity index is 420. The van der Waals surface area contributed by atoms with Crippen molar-refractivity contribution in [3.05, 3.63) is 29.3 Å². The van der Waals surface area contributed by atoms with Crippen molar-refractivity contribution in [2.45, 2.75) is 19.9 Å². The van der Waals surface area contributed by atoms with E-state index in [-0.39, 0.29) is 6.61 Å². The molecule has 0 radical (unpaired) electrons. The highest BCUT2D eigenvalue weighted by molar-refractivity contribution is 7.13. The zero-order chi connectivity index (χ0) is 10.7. The molecule has 2 aromatic heterocycles. The third kappa shape index (κ3) is 2.11. The van der Waals surface area contributed by atoms with Gasteiger partial charge in [0.05, 0.1) is 4.88 Å². The number of rotatable bonds is 4. The standard InChI is InChI=1S/C11H14N2OS/c1-2-13-8-9(5-6-14)11(12-13)10-4-3-7-15-10/h3-4,7-8,14H,2,5-6H2,1H3. The smallest absolute Gasteiger partial charge is 0.106 e. The van der Waals surface area contributed by atoms with Crippen molar-refractivity contribution in [1.82, 2.24) is 9.78 Å². The molecule has 0 spiro atoms. The van der Waals surface area contributed by atoms with Crippen LogP contribution in [-0.2, 0) is 13.0 Å². The number of aliphatic hydroxyl groups is 1. The SMILES string of the molecule is CCn1cc(CCO)c(-c2cccs2)n1. The lowest BCUT2D eigenvalue weighted by Crippen LogP contribution is -1.93. The highest BCUT2D eigenvalue weighted by atomic mass is 32.1. The third-order valence-electron chi connectivity index (χ3n) is 2.30. The molecule has 0 aliphatic rings. The number of thiophene rings is 1. The number of aliphatic hydroxyl groups excluding tert-OH is 1. The number of hydrogen-bond acceptors (Lipinski definition) is 3. The zero-order valence-electron chi connectivity index (χ0n) is 8.68. The quantitative estimate of drug-likeness (QED) is 0.861. The first-order valence-corrected chi connectivity index (χ1v) is 5.94. The molecule has 0 bridgehead atoms. The van der Waals surface area contributed by atoms with E-state index in [1.165, 1.54) is 4.88 Å². The van der Waals surface area contributed by atoms with Crippen molar-refractivity contribution >= 4 is 11.3 Å². The topological polar surface area (TPSA) is 38.0 Å². The summed E-state index contributed by atoms with van der Waals surface area (Å²) in [6.07, 6.45) is 2.69. The average molecular weight is 222 g/mol. The molecule has 4 heteroatoms. The van der Waals surface area contributed by atoms with Crippen molar-refractivity contribution in [1.29, 1.82) is 0 Å². The molecular weight excluding hydrogens is 208 g/mol. The van der Waals surface area contributed by atoms with Crippen molar-refractivity contribution < 1.29 is 5.11 Å². The first-order valence-electron chi connectivity index (χ1n) is 5.06. The molecule has 3 nitrogen and oxygen atoms in total. The van der Waals surface area contributed by atoms with E-state index >= 15 is 0 Å². The molecule has 80 valence electrons. The maximum absolute atomic E-state index is 8.99. The highest BCUT2D eigenvalue weighted by Crippen LogP contribution is 2.26. The largest absolute Gasteiger partial charge is 0.396 e. The monoisotopic (exact) mass is 222 g/mol. The minimum absolute atomic E-state index is 0.174. The van der Waals surface area contributed by atoms with Gasteiger partial charge < -0.3 is 5.11 Å². The van der Waals surface area contributed by atoms with Gasteiger partial charge >= 0.3 is 0 Å². The Kier molecular flexibility index (Phi) is 3.18. The normalized spacial score (nSPS) is 10.8. The third-order valence-corrected chi connectivity index (χ3v) is 3.17. The van der Waals surface area contributed by atoms with Gasteiger partial charge in [-0.15, -0.1) is 11.3 Å². The fourth-order valence-electron chi connectivity index (χ4n) is 1.55. The van der Waals surface area contributed by atoms with Crippen LogP contribution in [0.15, 0.2) is 23.7 Å². The summed E-state index contributed by atoms with van der Waals surface area (Å²) in [5, 5.41) is 15.5. The van der Waals surface area contributed by atoms with Gasteiger partial charge in [0.1, 0.15) is 5.69 Å². The van der Waals surface area contributed by atoms with E-state index in [2.05, 4.69) is 18.1 Å². The highest BCUT2D eigenvalue weighted by Gasteiger charge is 2.10. The van der Waals surface area contributed by atoms with Crippen molar-refractivity contribution in [3.63, 3.8) is 0 Å². The van der Waals surface area contributed by atoms with Gasteiger partial charge in [0.2, 0.25) is 0 Å². The molecule has 0 amide bonds. The molecule has 0 aromatic carbocycles. The summed E-state index contributed by atoms with van der Waals surface area (Å²) in [4.78, 5) is 1.17. The van der Waals surface area contributed by atoms with Gasteiger partial charge in [-0.1, -0.05) is 6.07 Å². The van der Waals surface area contributed by atoms with Gasteiger partial charge in [-0.3, -0.25) is 4.68 Å². The summed E-state index contributed by atoms with van der Waals surface area (Å²) in [6.45, 7) is 3.10. The molecule has 0 atom stereocenters. The molecular formula is C11H14N2OS. The molecule has 2 rings (SSSR count). The lowest BCUT2D eigenvalue weighted by Gasteiger charge is -1.95. The molecule has 15 heavy (non-hydrogen) atoms. The van der Waals surface area contributed by atoms with Gasteiger partial charge in [0.25, 0.3) is 0 Å². The van der Waals surface area contributed by atoms with E-state index < -0.39 is 0 Å². The maximum atomic E-state index is 8.99. The van der Waals surface area contributed by atoms with Crippen LogP contribution < -0.4 is 0 Å². The Morgan fingerprint density at radius 2 is 2.40 bits per heavy atom. The molecule has 1 N–H and O–H groups in total. The lowest BCUT2D eigenvalue weighted by molar-refractivity contribution is 0.299. The van der Waals surface area contributed by atoms with Gasteiger partial charge in [-0.05, 0) is 24.8 Å². The number of nitrogens with zero attached hydrogens (tertiary/aromatic N) is 2. The number of aryl methyl sites for hydroxylation is 1. The van der Waals surface area contributed by atoms with Crippen LogP contribution in [0.1, 0.15) is 12.5 Å². The molecule has 0 fully saturated rings. The second-order valence-electron chi connectivity index (χ2n) is 3.31. The average Bonchev–Trinajstić information content (AvgIpc) is 2.85. The predicted octanol–water partition coefficient (Wildman–Crippen LogP) is 2.17. The summed E-state index contributed by atoms with van der Waals surface area (Å²) < 4.78 is 1.92. The second kappa shape index (κ2) is 4.59. The lowest BCUT2D eigenvalue weighted by atomic mass is 10.2. The minimum atomic E-state index is 0.174. The first-order chi connectivity index (χ1) is 7.35.